The van der Waals surface area contributed by atoms with Crippen LogP contribution in [-0.4, -0.2) is 98.3 Å². The molecule has 1 atom stereocenters. The number of carbonyl (C=O) groups excluding carboxylic acids is 2. The Kier molecular flexibility index (Phi) is 6.63. The lowest BCUT2D eigenvalue weighted by Gasteiger charge is -2.37. The zero-order chi connectivity index (χ0) is 26.3. The summed E-state index contributed by atoms with van der Waals surface area (Å²) < 4.78 is 1.25. The molecule has 0 aliphatic carbocycles. The maximum absolute atomic E-state index is 13.4. The quantitative estimate of drug-likeness (QED) is 0.259. The molecule has 0 bridgehead atoms. The number of hydrogen-bond donors (Lipinski definition) is 2. The molecule has 2 amide bonds. The van der Waals surface area contributed by atoms with Gasteiger partial charge in [-0.3, -0.25) is 19.4 Å². The number of aliphatic hydroxyl groups excluding tert-OH is 2. The minimum Gasteiger partial charge on any atom is -0.395 e. The normalized spacial score (nSPS) is 17.1. The van der Waals surface area contributed by atoms with Crippen molar-refractivity contribution in [1.29, 1.82) is 0 Å². The summed E-state index contributed by atoms with van der Waals surface area (Å²) in [6.45, 7) is 4.98. The fraction of sp³-hybridized carbons (Fsp3) is 0.400. The van der Waals surface area contributed by atoms with Crippen molar-refractivity contribution in [2.24, 2.45) is 0 Å². The Hall–Kier alpha value is -3.87. The Morgan fingerprint density at radius 2 is 1.76 bits per heavy atom. The predicted molar refractivity (Wildman–Crippen MR) is 135 cm³/mol. The van der Waals surface area contributed by atoms with Gasteiger partial charge in [-0.1, -0.05) is 12.1 Å². The van der Waals surface area contributed by atoms with Crippen LogP contribution in [0.15, 0.2) is 36.5 Å². The molecule has 1 saturated heterocycles. The number of aromatic nitrogens is 2. The first-order chi connectivity index (χ1) is 17.8. The van der Waals surface area contributed by atoms with Crippen molar-refractivity contribution in [1.82, 2.24) is 19.4 Å². The molecule has 2 aliphatic heterocycles. The molecule has 37 heavy (non-hydrogen) atoms. The third-order valence-electron chi connectivity index (χ3n) is 7.11. The molecule has 2 aliphatic rings. The highest BCUT2D eigenvalue weighted by Crippen LogP contribution is 2.36. The summed E-state index contributed by atoms with van der Waals surface area (Å²) in [6.07, 6.45) is -0.116. The molecule has 1 aromatic heterocycles. The van der Waals surface area contributed by atoms with Crippen molar-refractivity contribution in [2.75, 3.05) is 50.8 Å². The molecule has 2 aromatic carbocycles. The van der Waals surface area contributed by atoms with Gasteiger partial charge < -0.3 is 25.2 Å². The molecule has 1 fully saturated rings. The molecule has 12 nitrogen and oxygen atoms in total. The van der Waals surface area contributed by atoms with E-state index in [0.29, 0.717) is 28.9 Å². The standard InChI is InChI=1S/C25H28N6O6/c1-16-26-13-22(31(36)37)29(16)14-17(33)15-30-24(34)19-4-2-3-18-21(6-5-20(23(18)19)25(30)35)28-9-7-27(8-10-28)11-12-32/h2-6,13,17,32-33H,7-12,14-15H2,1H3. The number of hydrogen-bond acceptors (Lipinski definition) is 9. The number of β-amino-alcohol motifs (C(OH)–C–C–N with tert-alkyl or cyclic N) is 2. The topological polar surface area (TPSA) is 145 Å². The third-order valence-corrected chi connectivity index (χ3v) is 7.11. The minimum absolute atomic E-state index is 0.120. The van der Waals surface area contributed by atoms with Gasteiger partial charge in [-0.25, -0.2) is 9.55 Å². The van der Waals surface area contributed by atoms with E-state index in [-0.39, 0.29) is 25.5 Å². The Morgan fingerprint density at radius 1 is 1.05 bits per heavy atom. The molecule has 3 aromatic rings. The van der Waals surface area contributed by atoms with Crippen LogP contribution >= 0.6 is 0 Å². The lowest BCUT2D eigenvalue weighted by molar-refractivity contribution is -0.392. The van der Waals surface area contributed by atoms with Gasteiger partial charge in [0, 0.05) is 67.2 Å². The Bertz CT molecular complexity index is 1360. The average molecular weight is 509 g/mol. The van der Waals surface area contributed by atoms with Gasteiger partial charge >= 0.3 is 5.82 Å². The molecule has 2 N–H and O–H groups in total. The summed E-state index contributed by atoms with van der Waals surface area (Å²) in [7, 11) is 0. The summed E-state index contributed by atoms with van der Waals surface area (Å²) in [6, 6.07) is 8.98. The van der Waals surface area contributed by atoms with Gasteiger partial charge in [-0.05, 0) is 23.1 Å². The van der Waals surface area contributed by atoms with E-state index in [9.17, 15) is 29.9 Å². The van der Waals surface area contributed by atoms with E-state index in [2.05, 4.69) is 14.8 Å². The van der Waals surface area contributed by atoms with Crippen molar-refractivity contribution in [2.45, 2.75) is 19.6 Å². The van der Waals surface area contributed by atoms with Crippen molar-refractivity contribution in [3.05, 3.63) is 63.6 Å². The molecule has 0 saturated carbocycles. The number of rotatable bonds is 8. The zero-order valence-electron chi connectivity index (χ0n) is 20.4. The number of aliphatic hydroxyl groups is 2. The molecule has 0 spiro atoms. The van der Waals surface area contributed by atoms with Gasteiger partial charge in [0.15, 0.2) is 5.82 Å². The van der Waals surface area contributed by atoms with Crippen LogP contribution in [0.3, 0.4) is 0 Å². The predicted octanol–water partition coefficient (Wildman–Crippen LogP) is 1.02. The monoisotopic (exact) mass is 508 g/mol. The van der Waals surface area contributed by atoms with Crippen LogP contribution in [0, 0.1) is 17.0 Å². The van der Waals surface area contributed by atoms with Gasteiger partial charge in [-0.2, -0.15) is 0 Å². The maximum Gasteiger partial charge on any atom is 0.342 e. The van der Waals surface area contributed by atoms with Crippen LogP contribution in [0.2, 0.25) is 0 Å². The summed E-state index contributed by atoms with van der Waals surface area (Å²) in [5.74, 6) is -0.942. The maximum atomic E-state index is 13.4. The second-order valence-corrected chi connectivity index (χ2v) is 9.32. The Labute approximate surface area is 212 Å². The van der Waals surface area contributed by atoms with Crippen LogP contribution in [0.5, 0.6) is 0 Å². The number of anilines is 1. The molecule has 1 unspecified atom stereocenters. The van der Waals surface area contributed by atoms with Crippen molar-refractivity contribution in [3.8, 4) is 0 Å². The van der Waals surface area contributed by atoms with E-state index < -0.39 is 22.8 Å². The minimum atomic E-state index is -1.23. The lowest BCUT2D eigenvalue weighted by Crippen LogP contribution is -2.47. The molecular weight excluding hydrogens is 480 g/mol. The molecule has 194 valence electrons. The number of nitrogens with zero attached hydrogens (tertiary/aromatic N) is 6. The largest absolute Gasteiger partial charge is 0.395 e. The number of imide groups is 1. The molecule has 12 heteroatoms. The van der Waals surface area contributed by atoms with Crippen LogP contribution in [0.25, 0.3) is 10.8 Å². The van der Waals surface area contributed by atoms with Gasteiger partial charge in [0.1, 0.15) is 18.8 Å². The van der Waals surface area contributed by atoms with Crippen LogP contribution in [0.4, 0.5) is 11.5 Å². The number of carbonyl (C=O) groups is 2. The van der Waals surface area contributed by atoms with Gasteiger partial charge in [0.25, 0.3) is 11.8 Å². The van der Waals surface area contributed by atoms with Crippen molar-refractivity contribution >= 4 is 34.1 Å². The first kappa shape index (κ1) is 24.8. The smallest absolute Gasteiger partial charge is 0.342 e. The third kappa shape index (κ3) is 4.43. The van der Waals surface area contributed by atoms with E-state index in [4.69, 9.17) is 0 Å². The van der Waals surface area contributed by atoms with Gasteiger partial charge in [0.05, 0.1) is 13.2 Å². The number of nitro groups is 1. The average Bonchev–Trinajstić information content (AvgIpc) is 3.25. The number of imidazole rings is 1. The molecule has 5 rings (SSSR count). The Balaban J connectivity index is 1.40. The lowest BCUT2D eigenvalue weighted by atomic mass is 9.92. The second-order valence-electron chi connectivity index (χ2n) is 9.32. The van der Waals surface area contributed by atoms with E-state index in [1.165, 1.54) is 4.57 Å². The number of aryl methyl sites for hydroxylation is 1. The van der Waals surface area contributed by atoms with Crippen molar-refractivity contribution in [3.63, 3.8) is 0 Å². The SMILES string of the molecule is Cc1ncc([N+](=O)[O-])n1CC(O)CN1C(=O)c2cccc3c(N4CCN(CCO)CC4)ccc(c23)C1=O. The number of amides is 2. The molecule has 0 radical (unpaired) electrons. The summed E-state index contributed by atoms with van der Waals surface area (Å²) in [5, 5.41) is 32.6. The summed E-state index contributed by atoms with van der Waals surface area (Å²) in [5.41, 5.74) is 1.70. The van der Waals surface area contributed by atoms with Crippen LogP contribution in [-0.2, 0) is 6.54 Å². The highest BCUT2D eigenvalue weighted by molar-refractivity contribution is 6.26. The first-order valence-corrected chi connectivity index (χ1v) is 12.1. The summed E-state index contributed by atoms with van der Waals surface area (Å²) in [4.78, 5) is 46.9. The second kappa shape index (κ2) is 9.88. The van der Waals surface area contributed by atoms with Gasteiger partial charge in [0.2, 0.25) is 0 Å². The number of piperazine rings is 1. The van der Waals surface area contributed by atoms with Crippen molar-refractivity contribution < 1.29 is 24.7 Å². The fourth-order valence-electron chi connectivity index (χ4n) is 5.23. The van der Waals surface area contributed by atoms with Gasteiger partial charge in [-0.15, -0.1) is 0 Å². The summed E-state index contributed by atoms with van der Waals surface area (Å²) >= 11 is 0. The number of benzene rings is 2. The van der Waals surface area contributed by atoms with E-state index in [1.807, 2.05) is 12.1 Å². The Morgan fingerprint density at radius 3 is 2.43 bits per heavy atom. The highest BCUT2D eigenvalue weighted by atomic mass is 16.6. The molecular formula is C25H28N6O6. The highest BCUT2D eigenvalue weighted by Gasteiger charge is 2.36. The van der Waals surface area contributed by atoms with E-state index in [0.717, 1.165) is 48.3 Å². The van der Waals surface area contributed by atoms with Crippen LogP contribution < -0.4 is 4.90 Å². The first-order valence-electron chi connectivity index (χ1n) is 12.1. The molecule has 3 heterocycles. The van der Waals surface area contributed by atoms with Crippen LogP contribution in [0.1, 0.15) is 26.5 Å². The fourth-order valence-corrected chi connectivity index (χ4v) is 5.23. The van der Waals surface area contributed by atoms with E-state index in [1.54, 1.807) is 25.1 Å². The zero-order valence-corrected chi connectivity index (χ0v) is 20.4. The van der Waals surface area contributed by atoms with E-state index >= 15 is 0 Å².